The van der Waals surface area contributed by atoms with Gasteiger partial charge in [0.1, 0.15) is 24.4 Å². The van der Waals surface area contributed by atoms with Gasteiger partial charge >= 0.3 is 0 Å². The van der Waals surface area contributed by atoms with Gasteiger partial charge < -0.3 is 13.9 Å². The minimum Gasteiger partial charge on any atom is -0.361 e. The molecule has 8 nitrogen and oxygen atoms in total. The molecule has 2 saturated carbocycles. The normalized spacial score (nSPS) is 19.4. The molecule has 43 heavy (non-hydrogen) atoms. The van der Waals surface area contributed by atoms with Gasteiger partial charge in [0.25, 0.3) is 5.56 Å². The lowest BCUT2D eigenvalue weighted by atomic mass is 9.56. The summed E-state index contributed by atoms with van der Waals surface area (Å²) in [6.45, 7) is 11.1. The molecule has 1 spiro atoms. The van der Waals surface area contributed by atoms with Crippen LogP contribution in [-0.4, -0.2) is 56.6 Å². The third-order valence-corrected chi connectivity index (χ3v) is 12.0. The number of benzene rings is 1. The predicted molar refractivity (Wildman–Crippen MR) is 174 cm³/mol. The maximum Gasteiger partial charge on any atom is 0.279 e. The molecule has 228 valence electrons. The van der Waals surface area contributed by atoms with E-state index < -0.39 is 8.07 Å². The molecule has 1 saturated heterocycles. The Balaban J connectivity index is 1.29. The minimum atomic E-state index is -1.24. The zero-order valence-electron chi connectivity index (χ0n) is 25.9. The zero-order chi connectivity index (χ0) is 30.0. The Hall–Kier alpha value is -2.72. The Morgan fingerprint density at radius 1 is 1.09 bits per heavy atom. The topological polar surface area (TPSA) is 70.1 Å². The van der Waals surface area contributed by atoms with Gasteiger partial charge in [-0.1, -0.05) is 43.4 Å². The standard InChI is InChI=1S/C33H43ClN6O2Si/c1-37-22-35-36-31(37)33(20-32(21-33)10-11-32)24-8-7-9-25(16-24)39-19-28(34)27-17-26(18-38-12-5-6-13-38)40(29(27)30(39)41)23-42-14-15-43(2,3)4/h7-9,16-17,19,22H,5-6,10-15,18,20-21,23H2,1-4H3. The number of ether oxygens (including phenoxy) is 1. The SMILES string of the molecule is Cn1cnnc1C1(c2cccc(-n3cc(Cl)c4cc(CN5CCCC5)n(COCC[Si](C)(C)C)c4c3=O)c2)CC2(CC2)C1. The highest BCUT2D eigenvalue weighted by molar-refractivity contribution is 6.76. The smallest absolute Gasteiger partial charge is 0.279 e. The Morgan fingerprint density at radius 3 is 2.53 bits per heavy atom. The molecule has 3 aliphatic rings. The van der Waals surface area contributed by atoms with Crippen LogP contribution in [0.5, 0.6) is 0 Å². The van der Waals surface area contributed by atoms with Crippen LogP contribution in [0.4, 0.5) is 0 Å². The molecule has 10 heteroatoms. The molecule has 0 N–H and O–H groups in total. The highest BCUT2D eigenvalue weighted by atomic mass is 35.5. The largest absolute Gasteiger partial charge is 0.361 e. The van der Waals surface area contributed by atoms with Crippen LogP contribution in [0.25, 0.3) is 16.6 Å². The Kier molecular flexibility index (Phi) is 7.23. The summed E-state index contributed by atoms with van der Waals surface area (Å²) >= 11 is 6.98. The fourth-order valence-corrected chi connectivity index (χ4v) is 8.46. The molecular formula is C33H43ClN6O2Si. The molecule has 3 aromatic heterocycles. The highest BCUT2D eigenvalue weighted by Gasteiger charge is 2.63. The van der Waals surface area contributed by atoms with Gasteiger partial charge in [0.15, 0.2) is 0 Å². The molecular weight excluding hydrogens is 576 g/mol. The van der Waals surface area contributed by atoms with Crippen molar-refractivity contribution in [3.63, 3.8) is 0 Å². The third kappa shape index (κ3) is 5.32. The van der Waals surface area contributed by atoms with Crippen molar-refractivity contribution >= 4 is 30.6 Å². The summed E-state index contributed by atoms with van der Waals surface area (Å²) in [4.78, 5) is 16.8. The first-order chi connectivity index (χ1) is 20.6. The van der Waals surface area contributed by atoms with Crippen molar-refractivity contribution in [2.45, 2.75) is 82.9 Å². The van der Waals surface area contributed by atoms with E-state index in [9.17, 15) is 4.79 Å². The summed E-state index contributed by atoms with van der Waals surface area (Å²) in [6.07, 6.45) is 10.7. The molecule has 0 radical (unpaired) electrons. The van der Waals surface area contributed by atoms with E-state index in [1.807, 2.05) is 17.7 Å². The van der Waals surface area contributed by atoms with Crippen molar-refractivity contribution in [2.75, 3.05) is 19.7 Å². The summed E-state index contributed by atoms with van der Waals surface area (Å²) in [6, 6.07) is 11.6. The first kappa shape index (κ1) is 29.0. The van der Waals surface area contributed by atoms with Crippen LogP contribution < -0.4 is 5.56 Å². The second-order valence-electron chi connectivity index (χ2n) is 14.6. The first-order valence-corrected chi connectivity index (χ1v) is 19.8. The van der Waals surface area contributed by atoms with Gasteiger partial charge in [-0.15, -0.1) is 10.2 Å². The molecule has 7 rings (SSSR count). The Labute approximate surface area is 259 Å². The molecule has 1 aliphatic heterocycles. The molecule has 1 aromatic carbocycles. The summed E-state index contributed by atoms with van der Waals surface area (Å²) in [5.41, 5.74) is 3.88. The molecule has 4 heterocycles. The Morgan fingerprint density at radius 2 is 1.86 bits per heavy atom. The van der Waals surface area contributed by atoms with Crippen LogP contribution in [0.1, 0.15) is 55.6 Å². The molecule has 0 unspecified atom stereocenters. The maximum atomic E-state index is 14.4. The number of hydrogen-bond donors (Lipinski definition) is 0. The first-order valence-electron chi connectivity index (χ1n) is 15.8. The van der Waals surface area contributed by atoms with Gasteiger partial charge in [0, 0.05) is 51.2 Å². The van der Waals surface area contributed by atoms with Crippen LogP contribution in [0.3, 0.4) is 0 Å². The molecule has 0 bridgehead atoms. The number of halogens is 1. The predicted octanol–water partition coefficient (Wildman–Crippen LogP) is 6.34. The highest BCUT2D eigenvalue weighted by Crippen LogP contribution is 2.70. The summed E-state index contributed by atoms with van der Waals surface area (Å²) in [5, 5.41) is 10.2. The quantitative estimate of drug-likeness (QED) is 0.153. The van der Waals surface area contributed by atoms with E-state index in [1.54, 1.807) is 17.1 Å². The average molecular weight is 619 g/mol. The fraction of sp³-hybridized carbons (Fsp3) is 0.545. The van der Waals surface area contributed by atoms with E-state index in [0.29, 0.717) is 29.3 Å². The summed E-state index contributed by atoms with van der Waals surface area (Å²) < 4.78 is 12.1. The van der Waals surface area contributed by atoms with E-state index in [1.165, 1.54) is 31.2 Å². The molecule has 0 amide bonds. The number of fused-ring (bicyclic) bond motifs is 1. The lowest BCUT2D eigenvalue weighted by Crippen LogP contribution is -2.45. The monoisotopic (exact) mass is 618 g/mol. The minimum absolute atomic E-state index is 0.0713. The van der Waals surface area contributed by atoms with Crippen molar-refractivity contribution < 1.29 is 4.74 Å². The van der Waals surface area contributed by atoms with E-state index in [4.69, 9.17) is 16.3 Å². The number of pyridine rings is 1. The van der Waals surface area contributed by atoms with E-state index in [2.05, 4.69) is 63.6 Å². The van der Waals surface area contributed by atoms with Crippen molar-refractivity contribution in [3.8, 4) is 5.69 Å². The number of aromatic nitrogens is 5. The van der Waals surface area contributed by atoms with Crippen LogP contribution in [0.2, 0.25) is 30.7 Å². The zero-order valence-corrected chi connectivity index (χ0v) is 27.7. The Bertz CT molecular complexity index is 1720. The maximum absolute atomic E-state index is 14.4. The number of rotatable bonds is 10. The van der Waals surface area contributed by atoms with Crippen LogP contribution in [0, 0.1) is 5.41 Å². The van der Waals surface area contributed by atoms with Crippen molar-refractivity contribution in [3.05, 3.63) is 75.3 Å². The molecule has 0 atom stereocenters. The lowest BCUT2D eigenvalue weighted by Gasteiger charge is -2.48. The number of nitrogens with zero attached hydrogens (tertiary/aromatic N) is 6. The second-order valence-corrected chi connectivity index (χ2v) is 20.6. The summed E-state index contributed by atoms with van der Waals surface area (Å²) in [5.74, 6) is 0.999. The van der Waals surface area contributed by atoms with Crippen molar-refractivity contribution in [1.82, 2.24) is 28.8 Å². The van der Waals surface area contributed by atoms with Crippen LogP contribution in [0.15, 0.2) is 47.7 Å². The van der Waals surface area contributed by atoms with E-state index in [-0.39, 0.29) is 11.0 Å². The van der Waals surface area contributed by atoms with Crippen LogP contribution >= 0.6 is 11.6 Å². The van der Waals surface area contributed by atoms with Gasteiger partial charge in [-0.25, -0.2) is 0 Å². The number of hydrogen-bond acceptors (Lipinski definition) is 5. The molecule has 3 fully saturated rings. The van der Waals surface area contributed by atoms with E-state index in [0.717, 1.165) is 61.1 Å². The molecule has 2 aliphatic carbocycles. The number of likely N-dealkylation sites (tertiary alicyclic amines) is 1. The van der Waals surface area contributed by atoms with Crippen molar-refractivity contribution in [1.29, 1.82) is 0 Å². The van der Waals surface area contributed by atoms with Gasteiger partial charge in [-0.05, 0) is 86.8 Å². The van der Waals surface area contributed by atoms with Gasteiger partial charge in [-0.2, -0.15) is 0 Å². The van der Waals surface area contributed by atoms with Gasteiger partial charge in [0.2, 0.25) is 0 Å². The average Bonchev–Trinajstić information content (AvgIpc) is 3.25. The summed E-state index contributed by atoms with van der Waals surface area (Å²) in [7, 11) is 0.788. The fourth-order valence-electron chi connectivity index (χ4n) is 7.46. The third-order valence-electron chi connectivity index (χ3n) is 10.0. The van der Waals surface area contributed by atoms with Gasteiger partial charge in [0.05, 0.1) is 10.4 Å². The van der Waals surface area contributed by atoms with Gasteiger partial charge in [-0.3, -0.25) is 14.3 Å². The van der Waals surface area contributed by atoms with Crippen molar-refractivity contribution in [2.24, 2.45) is 12.5 Å². The second kappa shape index (κ2) is 10.7. The van der Waals surface area contributed by atoms with Crippen LogP contribution in [-0.2, 0) is 30.5 Å². The number of aryl methyl sites for hydroxylation is 1. The van der Waals surface area contributed by atoms with E-state index >= 15 is 0 Å². The lowest BCUT2D eigenvalue weighted by molar-refractivity contribution is 0.0867. The molecule has 4 aromatic rings.